The highest BCUT2D eigenvalue weighted by Crippen LogP contribution is 2.28. The van der Waals surface area contributed by atoms with E-state index in [0.29, 0.717) is 6.07 Å². The molecule has 0 aromatic heterocycles. The van der Waals surface area contributed by atoms with Crippen LogP contribution in [0.5, 0.6) is 0 Å². The average molecular weight is 329 g/mol. The predicted octanol–water partition coefficient (Wildman–Crippen LogP) is 3.62. The molecule has 4 nitrogen and oxygen atoms in total. The first-order valence-electron chi connectivity index (χ1n) is 6.85. The van der Waals surface area contributed by atoms with E-state index in [4.69, 9.17) is 0 Å². The van der Waals surface area contributed by atoms with Gasteiger partial charge in [0, 0.05) is 18.0 Å². The Balaban J connectivity index is 3.05. The number of esters is 1. The van der Waals surface area contributed by atoms with Crippen molar-refractivity contribution in [2.24, 2.45) is 0 Å². The first-order chi connectivity index (χ1) is 10.6. The molecule has 1 N–H and O–H groups in total. The van der Waals surface area contributed by atoms with Gasteiger partial charge >= 0.3 is 5.97 Å². The Morgan fingerprint density at radius 1 is 1.26 bits per heavy atom. The van der Waals surface area contributed by atoms with Gasteiger partial charge in [0.1, 0.15) is 5.69 Å². The maximum atomic E-state index is 14.3. The number of ether oxygens (including phenoxy) is 1. The number of carbonyl (C=O) groups is 2. The van der Waals surface area contributed by atoms with Gasteiger partial charge in [0.15, 0.2) is 23.2 Å². The molecule has 0 saturated heterocycles. The minimum absolute atomic E-state index is 0.315. The van der Waals surface area contributed by atoms with Crippen LogP contribution in [0.25, 0.3) is 0 Å². The number of hydrogen-bond donors (Lipinski definition) is 1. The molecule has 1 rings (SSSR count). The summed E-state index contributed by atoms with van der Waals surface area (Å²) in [5.41, 5.74) is -2.05. The minimum Gasteiger partial charge on any atom is -0.462 e. The molecule has 0 bridgehead atoms. The van der Waals surface area contributed by atoms with Crippen LogP contribution in [-0.4, -0.2) is 23.9 Å². The van der Waals surface area contributed by atoms with E-state index in [9.17, 15) is 22.8 Å². The van der Waals surface area contributed by atoms with Crippen LogP contribution in [0.3, 0.4) is 0 Å². The molecule has 0 atom stereocenters. The van der Waals surface area contributed by atoms with Crippen molar-refractivity contribution in [1.29, 1.82) is 0 Å². The third kappa shape index (κ3) is 5.12. The fraction of sp³-hybridized carbons (Fsp3) is 0.375. The first kappa shape index (κ1) is 18.7. The predicted molar refractivity (Wildman–Crippen MR) is 79.8 cm³/mol. The summed E-state index contributed by atoms with van der Waals surface area (Å²) in [6.45, 7) is 7.76. The molecule has 23 heavy (non-hydrogen) atoms. The smallest absolute Gasteiger partial charge is 0.330 e. The van der Waals surface area contributed by atoms with Gasteiger partial charge in [-0.15, -0.1) is 0 Å². The van der Waals surface area contributed by atoms with Crippen molar-refractivity contribution < 1.29 is 27.5 Å². The minimum atomic E-state index is -1.40. The number of hydrogen-bond acceptors (Lipinski definition) is 4. The summed E-state index contributed by atoms with van der Waals surface area (Å²) in [4.78, 5) is 22.8. The second kappa shape index (κ2) is 7.30. The van der Waals surface area contributed by atoms with Gasteiger partial charge in [-0.2, -0.15) is 0 Å². The largest absolute Gasteiger partial charge is 0.462 e. The molecule has 0 aliphatic heterocycles. The lowest BCUT2D eigenvalue weighted by atomic mass is 10.0. The quantitative estimate of drug-likeness (QED) is 0.375. The second-order valence-electron chi connectivity index (χ2n) is 5.83. The summed E-state index contributed by atoms with van der Waals surface area (Å²) in [6, 6.07) is 0.496. The molecular weight excluding hydrogens is 311 g/mol. The summed E-state index contributed by atoms with van der Waals surface area (Å²) < 4.78 is 46.3. The third-order valence-electron chi connectivity index (χ3n) is 2.70. The number of carbonyl (C=O) groups excluding carboxylic acids is 2. The number of nitrogens with one attached hydrogen (secondary N) is 1. The van der Waals surface area contributed by atoms with Crippen molar-refractivity contribution in [2.45, 2.75) is 32.7 Å². The molecule has 0 fully saturated rings. The van der Waals surface area contributed by atoms with Gasteiger partial charge < -0.3 is 10.1 Å². The zero-order valence-electron chi connectivity index (χ0n) is 13.1. The van der Waals surface area contributed by atoms with Gasteiger partial charge in [-0.05, 0) is 26.8 Å². The third-order valence-corrected chi connectivity index (χ3v) is 2.70. The van der Waals surface area contributed by atoms with Crippen LogP contribution >= 0.6 is 0 Å². The van der Waals surface area contributed by atoms with Crippen LogP contribution in [0.4, 0.5) is 18.9 Å². The van der Waals surface area contributed by atoms with E-state index in [2.05, 4.69) is 16.6 Å². The van der Waals surface area contributed by atoms with E-state index < -0.39 is 46.0 Å². The first-order valence-corrected chi connectivity index (χ1v) is 6.85. The van der Waals surface area contributed by atoms with E-state index in [1.807, 2.05) is 0 Å². The number of halogens is 3. The summed E-state index contributed by atoms with van der Waals surface area (Å²) >= 11 is 0. The highest BCUT2D eigenvalue weighted by atomic mass is 19.2. The van der Waals surface area contributed by atoms with Gasteiger partial charge in [0.2, 0.25) is 0 Å². The Kier molecular flexibility index (Phi) is 5.95. The average Bonchev–Trinajstić information content (AvgIpc) is 2.45. The SMILES string of the molecule is C=CC(=O)OCCC(=O)c1cc(F)c(F)c(NC(C)(C)C)c1F. The Morgan fingerprint density at radius 3 is 2.39 bits per heavy atom. The summed E-state index contributed by atoms with van der Waals surface area (Å²) in [6.07, 6.45) is 0.546. The van der Waals surface area contributed by atoms with Crippen LogP contribution in [0, 0.1) is 17.5 Å². The molecule has 0 spiro atoms. The van der Waals surface area contributed by atoms with E-state index >= 15 is 0 Å². The van der Waals surface area contributed by atoms with Crippen molar-refractivity contribution in [3.63, 3.8) is 0 Å². The van der Waals surface area contributed by atoms with E-state index in [-0.39, 0.29) is 13.0 Å². The Hall–Kier alpha value is -2.31. The van der Waals surface area contributed by atoms with Crippen LogP contribution in [0.15, 0.2) is 18.7 Å². The molecule has 0 aliphatic carbocycles. The molecule has 0 unspecified atom stereocenters. The number of rotatable bonds is 6. The Bertz CT molecular complexity index is 636. The van der Waals surface area contributed by atoms with Gasteiger partial charge in [-0.25, -0.2) is 18.0 Å². The molecular formula is C16H18F3NO3. The number of ketones is 1. The zero-order valence-corrected chi connectivity index (χ0v) is 13.1. The van der Waals surface area contributed by atoms with Crippen molar-refractivity contribution in [1.82, 2.24) is 0 Å². The highest BCUT2D eigenvalue weighted by Gasteiger charge is 2.25. The lowest BCUT2D eigenvalue weighted by Crippen LogP contribution is -2.28. The van der Waals surface area contributed by atoms with Gasteiger partial charge in [0.05, 0.1) is 12.2 Å². The highest BCUT2D eigenvalue weighted by molar-refractivity contribution is 5.97. The molecule has 1 aromatic rings. The molecule has 0 amide bonds. The van der Waals surface area contributed by atoms with E-state index in [1.165, 1.54) is 0 Å². The van der Waals surface area contributed by atoms with Gasteiger partial charge in [-0.3, -0.25) is 4.79 Å². The van der Waals surface area contributed by atoms with Gasteiger partial charge in [0.25, 0.3) is 0 Å². The van der Waals surface area contributed by atoms with Crippen molar-refractivity contribution in [3.05, 3.63) is 41.7 Å². The normalized spacial score (nSPS) is 11.0. The van der Waals surface area contributed by atoms with Gasteiger partial charge in [-0.1, -0.05) is 6.58 Å². The topological polar surface area (TPSA) is 55.4 Å². The molecule has 0 saturated carbocycles. The number of benzene rings is 1. The van der Waals surface area contributed by atoms with Crippen LogP contribution in [-0.2, 0) is 9.53 Å². The molecule has 1 aromatic carbocycles. The van der Waals surface area contributed by atoms with Crippen molar-refractivity contribution in [3.8, 4) is 0 Å². The number of anilines is 1. The van der Waals surface area contributed by atoms with Crippen LogP contribution in [0.2, 0.25) is 0 Å². The zero-order chi connectivity index (χ0) is 17.8. The van der Waals surface area contributed by atoms with Crippen molar-refractivity contribution in [2.75, 3.05) is 11.9 Å². The standard InChI is InChI=1S/C16H18F3NO3/c1-5-12(22)23-7-6-11(21)9-8-10(17)14(19)15(13(9)18)20-16(2,3)4/h5,8,20H,1,6-7H2,2-4H3. The van der Waals surface area contributed by atoms with E-state index in [0.717, 1.165) is 6.08 Å². The van der Waals surface area contributed by atoms with E-state index in [1.54, 1.807) is 20.8 Å². The molecule has 0 heterocycles. The molecule has 0 radical (unpaired) electrons. The lowest BCUT2D eigenvalue weighted by Gasteiger charge is -2.23. The maximum Gasteiger partial charge on any atom is 0.330 e. The summed E-state index contributed by atoms with van der Waals surface area (Å²) in [5.74, 6) is -5.47. The maximum absolute atomic E-state index is 14.3. The summed E-state index contributed by atoms with van der Waals surface area (Å²) in [5, 5.41) is 2.50. The molecule has 126 valence electrons. The second-order valence-corrected chi connectivity index (χ2v) is 5.83. The Morgan fingerprint density at radius 2 is 1.87 bits per heavy atom. The van der Waals surface area contributed by atoms with Crippen LogP contribution < -0.4 is 5.32 Å². The lowest BCUT2D eigenvalue weighted by molar-refractivity contribution is -0.137. The molecule has 0 aliphatic rings. The monoisotopic (exact) mass is 329 g/mol. The number of Topliss-reactive ketones (excluding diaryl/α,β-unsaturated/α-hetero) is 1. The van der Waals surface area contributed by atoms with Crippen LogP contribution in [0.1, 0.15) is 37.6 Å². The Labute approximate surface area is 132 Å². The summed E-state index contributed by atoms with van der Waals surface area (Å²) in [7, 11) is 0. The molecule has 7 heteroatoms. The fourth-order valence-electron chi connectivity index (χ4n) is 1.73. The fourth-order valence-corrected chi connectivity index (χ4v) is 1.73. The van der Waals surface area contributed by atoms with Crippen molar-refractivity contribution >= 4 is 17.4 Å².